The van der Waals surface area contributed by atoms with Gasteiger partial charge in [-0.15, -0.1) is 0 Å². The monoisotopic (exact) mass is 291 g/mol. The molecule has 2 rings (SSSR count). The summed E-state index contributed by atoms with van der Waals surface area (Å²) in [6, 6.07) is 6.06. The molecule has 2 heteroatoms. The number of nitrogens with one attached hydrogen (secondary N) is 1. The molecule has 118 valence electrons. The summed E-state index contributed by atoms with van der Waals surface area (Å²) in [7, 11) is 0. The lowest BCUT2D eigenvalue weighted by Crippen LogP contribution is -2.24. The van der Waals surface area contributed by atoms with Crippen molar-refractivity contribution < 1.29 is 4.39 Å². The molecule has 0 spiro atoms. The van der Waals surface area contributed by atoms with Crippen molar-refractivity contribution in [3.63, 3.8) is 0 Å². The first kappa shape index (κ1) is 16.5. The van der Waals surface area contributed by atoms with Gasteiger partial charge in [0.15, 0.2) is 0 Å². The normalized spacial score (nSPS) is 18.4. The van der Waals surface area contributed by atoms with E-state index in [9.17, 15) is 4.39 Å². The average Bonchev–Trinajstić information content (AvgIpc) is 2.75. The Hall–Kier alpha value is -0.890. The zero-order valence-corrected chi connectivity index (χ0v) is 13.6. The van der Waals surface area contributed by atoms with Crippen LogP contribution in [0.3, 0.4) is 0 Å². The maximum atomic E-state index is 13.9. The van der Waals surface area contributed by atoms with Crippen LogP contribution in [0.5, 0.6) is 0 Å². The van der Waals surface area contributed by atoms with E-state index < -0.39 is 0 Å². The summed E-state index contributed by atoms with van der Waals surface area (Å²) in [5, 5.41) is 3.63. The van der Waals surface area contributed by atoms with Gasteiger partial charge in [-0.2, -0.15) is 0 Å². The predicted molar refractivity (Wildman–Crippen MR) is 88.0 cm³/mol. The second kappa shape index (κ2) is 8.53. The van der Waals surface area contributed by atoms with Crippen LogP contribution in [-0.2, 0) is 0 Å². The molecule has 0 aliphatic heterocycles. The molecule has 21 heavy (non-hydrogen) atoms. The zero-order valence-electron chi connectivity index (χ0n) is 13.6. The number of aryl methyl sites for hydroxylation is 1. The fourth-order valence-electron chi connectivity index (χ4n) is 3.41. The van der Waals surface area contributed by atoms with Gasteiger partial charge in [-0.05, 0) is 49.4 Å². The molecule has 1 atom stereocenters. The van der Waals surface area contributed by atoms with Gasteiger partial charge in [0.25, 0.3) is 0 Å². The molecule has 0 amide bonds. The number of benzene rings is 1. The smallest absolute Gasteiger partial charge is 0.126 e. The van der Waals surface area contributed by atoms with Crippen molar-refractivity contribution in [2.24, 2.45) is 5.92 Å². The van der Waals surface area contributed by atoms with Crippen molar-refractivity contribution in [3.8, 4) is 0 Å². The third kappa shape index (κ3) is 5.10. The number of hydrogen-bond acceptors (Lipinski definition) is 1. The van der Waals surface area contributed by atoms with E-state index in [-0.39, 0.29) is 5.82 Å². The lowest BCUT2D eigenvalue weighted by atomic mass is 9.89. The van der Waals surface area contributed by atoms with E-state index in [0.717, 1.165) is 36.4 Å². The summed E-state index contributed by atoms with van der Waals surface area (Å²) in [6.07, 6.45) is 10.5. The summed E-state index contributed by atoms with van der Waals surface area (Å²) in [5.74, 6) is 0.725. The molecule has 0 bridgehead atoms. The Bertz CT molecular complexity index is 422. The third-order valence-corrected chi connectivity index (χ3v) is 4.78. The second-order valence-corrected chi connectivity index (χ2v) is 6.61. The van der Waals surface area contributed by atoms with E-state index in [2.05, 4.69) is 18.3 Å². The Morgan fingerprint density at radius 3 is 2.52 bits per heavy atom. The van der Waals surface area contributed by atoms with Crippen LogP contribution in [0.2, 0.25) is 0 Å². The minimum atomic E-state index is -0.0725. The first-order valence-corrected chi connectivity index (χ1v) is 8.70. The van der Waals surface area contributed by atoms with E-state index in [1.807, 2.05) is 13.0 Å². The highest BCUT2D eigenvalue weighted by molar-refractivity contribution is 5.26. The zero-order chi connectivity index (χ0) is 15.1. The van der Waals surface area contributed by atoms with Gasteiger partial charge in [-0.3, -0.25) is 0 Å². The van der Waals surface area contributed by atoms with Crippen molar-refractivity contribution in [1.29, 1.82) is 0 Å². The molecule has 0 radical (unpaired) electrons. The minimum Gasteiger partial charge on any atom is -0.310 e. The molecule has 1 nitrogen and oxygen atoms in total. The molecule has 1 saturated carbocycles. The molecule has 1 N–H and O–H groups in total. The highest BCUT2D eigenvalue weighted by atomic mass is 19.1. The fourth-order valence-corrected chi connectivity index (χ4v) is 3.41. The summed E-state index contributed by atoms with van der Waals surface area (Å²) in [6.45, 7) is 5.03. The molecule has 1 aliphatic carbocycles. The number of hydrogen-bond donors (Lipinski definition) is 1. The molecule has 0 heterocycles. The Morgan fingerprint density at radius 2 is 1.90 bits per heavy atom. The molecule has 1 aliphatic rings. The van der Waals surface area contributed by atoms with Crippen LogP contribution in [0.15, 0.2) is 18.2 Å². The van der Waals surface area contributed by atoms with Gasteiger partial charge in [-0.1, -0.05) is 57.6 Å². The quantitative estimate of drug-likeness (QED) is 0.679. The number of halogens is 1. The van der Waals surface area contributed by atoms with Gasteiger partial charge < -0.3 is 5.32 Å². The van der Waals surface area contributed by atoms with Crippen molar-refractivity contribution in [2.75, 3.05) is 6.54 Å². The summed E-state index contributed by atoms with van der Waals surface area (Å²) < 4.78 is 13.9. The molecule has 1 aromatic rings. The van der Waals surface area contributed by atoms with E-state index in [4.69, 9.17) is 0 Å². The minimum absolute atomic E-state index is 0.0725. The SMILES string of the molecule is CCCNC(CC1CCCCCC1)c1ccc(C)c(F)c1. The molecular weight excluding hydrogens is 261 g/mol. The Balaban J connectivity index is 2.06. The van der Waals surface area contributed by atoms with Crippen LogP contribution in [0, 0.1) is 18.7 Å². The Labute approximate surface area is 129 Å². The highest BCUT2D eigenvalue weighted by Crippen LogP contribution is 2.31. The average molecular weight is 291 g/mol. The van der Waals surface area contributed by atoms with Crippen molar-refractivity contribution in [2.45, 2.75) is 71.3 Å². The van der Waals surface area contributed by atoms with Crippen LogP contribution in [0.1, 0.15) is 75.5 Å². The van der Waals surface area contributed by atoms with Gasteiger partial charge in [0.1, 0.15) is 5.82 Å². The number of rotatable bonds is 6. The summed E-state index contributed by atoms with van der Waals surface area (Å²) in [5.41, 5.74) is 1.86. The lowest BCUT2D eigenvalue weighted by Gasteiger charge is -2.24. The van der Waals surface area contributed by atoms with E-state index in [1.54, 1.807) is 6.07 Å². The van der Waals surface area contributed by atoms with E-state index >= 15 is 0 Å². The Morgan fingerprint density at radius 1 is 1.19 bits per heavy atom. The standard InChI is InChI=1S/C19H30FN/c1-3-12-21-19(13-16-8-6-4-5-7-9-16)17-11-10-15(2)18(20)14-17/h10-11,14,16,19,21H,3-9,12-13H2,1-2H3. The van der Waals surface area contributed by atoms with Crippen molar-refractivity contribution >= 4 is 0 Å². The lowest BCUT2D eigenvalue weighted by molar-refractivity contribution is 0.355. The van der Waals surface area contributed by atoms with Gasteiger partial charge in [0.2, 0.25) is 0 Å². The van der Waals surface area contributed by atoms with Crippen LogP contribution in [0.25, 0.3) is 0 Å². The molecular formula is C19H30FN. The summed E-state index contributed by atoms with van der Waals surface area (Å²) >= 11 is 0. The van der Waals surface area contributed by atoms with E-state index in [0.29, 0.717) is 6.04 Å². The fraction of sp³-hybridized carbons (Fsp3) is 0.684. The maximum absolute atomic E-state index is 13.9. The van der Waals surface area contributed by atoms with Gasteiger partial charge in [0.05, 0.1) is 0 Å². The first-order valence-electron chi connectivity index (χ1n) is 8.70. The second-order valence-electron chi connectivity index (χ2n) is 6.61. The van der Waals surface area contributed by atoms with Gasteiger partial charge >= 0.3 is 0 Å². The van der Waals surface area contributed by atoms with E-state index in [1.165, 1.54) is 38.5 Å². The molecule has 0 aromatic heterocycles. The van der Waals surface area contributed by atoms with Gasteiger partial charge in [-0.25, -0.2) is 4.39 Å². The molecule has 1 unspecified atom stereocenters. The Kier molecular flexibility index (Phi) is 6.69. The molecule has 1 fully saturated rings. The van der Waals surface area contributed by atoms with Crippen LogP contribution >= 0.6 is 0 Å². The third-order valence-electron chi connectivity index (χ3n) is 4.78. The highest BCUT2D eigenvalue weighted by Gasteiger charge is 2.19. The van der Waals surface area contributed by atoms with Crippen molar-refractivity contribution in [3.05, 3.63) is 35.1 Å². The van der Waals surface area contributed by atoms with Crippen LogP contribution in [0.4, 0.5) is 4.39 Å². The topological polar surface area (TPSA) is 12.0 Å². The molecule has 0 saturated heterocycles. The van der Waals surface area contributed by atoms with Crippen LogP contribution < -0.4 is 5.32 Å². The van der Waals surface area contributed by atoms with Crippen molar-refractivity contribution in [1.82, 2.24) is 5.32 Å². The largest absolute Gasteiger partial charge is 0.310 e. The maximum Gasteiger partial charge on any atom is 0.126 e. The first-order chi connectivity index (χ1) is 10.2. The van der Waals surface area contributed by atoms with Gasteiger partial charge in [0, 0.05) is 6.04 Å². The predicted octanol–water partition coefficient (Wildman–Crippen LogP) is 5.54. The van der Waals surface area contributed by atoms with Crippen LogP contribution in [-0.4, -0.2) is 6.54 Å². The summed E-state index contributed by atoms with van der Waals surface area (Å²) in [4.78, 5) is 0. The molecule has 1 aromatic carbocycles.